The van der Waals surface area contributed by atoms with Crippen molar-refractivity contribution >= 4 is 33.5 Å². The van der Waals surface area contributed by atoms with Gasteiger partial charge in [0, 0.05) is 22.5 Å². The van der Waals surface area contributed by atoms with Crippen LogP contribution in [0, 0.1) is 13.8 Å². The number of amides is 1. The number of rotatable bonds is 3. The maximum atomic E-state index is 12.5. The van der Waals surface area contributed by atoms with Crippen molar-refractivity contribution in [3.8, 4) is 11.6 Å². The highest BCUT2D eigenvalue weighted by molar-refractivity contribution is 7.10. The number of hydrogen-bond donors (Lipinski definition) is 1. The molecular weight excluding hydrogens is 326 g/mol. The predicted octanol–water partition coefficient (Wildman–Crippen LogP) is 4.41. The van der Waals surface area contributed by atoms with Crippen LogP contribution in [0.25, 0.3) is 22.6 Å². The van der Waals surface area contributed by atoms with Gasteiger partial charge < -0.3 is 8.83 Å². The highest BCUT2D eigenvalue weighted by atomic mass is 32.1. The zero-order chi connectivity index (χ0) is 16.7. The summed E-state index contributed by atoms with van der Waals surface area (Å²) in [6.07, 6.45) is 0. The Labute approximate surface area is 141 Å². The molecule has 7 heteroatoms. The van der Waals surface area contributed by atoms with Crippen LogP contribution in [0.3, 0.4) is 0 Å². The number of para-hydroxylation sites is 1. The van der Waals surface area contributed by atoms with Crippen molar-refractivity contribution in [2.24, 2.45) is 0 Å². The van der Waals surface area contributed by atoms with E-state index in [4.69, 9.17) is 8.83 Å². The average Bonchev–Trinajstić information content (AvgIpc) is 3.27. The normalized spacial score (nSPS) is 11.1. The lowest BCUT2D eigenvalue weighted by atomic mass is 10.1. The Morgan fingerprint density at radius 2 is 1.96 bits per heavy atom. The average molecular weight is 339 g/mol. The number of nitrogens with one attached hydrogen (secondary N) is 1. The Kier molecular flexibility index (Phi) is 3.42. The molecule has 0 saturated heterocycles. The first kappa shape index (κ1) is 14.6. The fraction of sp³-hybridized carbons (Fsp3) is 0.118. The molecule has 0 radical (unpaired) electrons. The van der Waals surface area contributed by atoms with Crippen LogP contribution in [-0.4, -0.2) is 15.3 Å². The predicted molar refractivity (Wildman–Crippen MR) is 91.3 cm³/mol. The van der Waals surface area contributed by atoms with Crippen molar-refractivity contribution in [3.05, 3.63) is 53.5 Å². The largest absolute Gasteiger partial charge is 0.458 e. The van der Waals surface area contributed by atoms with E-state index < -0.39 is 0 Å². The quantitative estimate of drug-likeness (QED) is 0.598. The van der Waals surface area contributed by atoms with Gasteiger partial charge >= 0.3 is 0 Å². The molecule has 1 amide bonds. The van der Waals surface area contributed by atoms with Crippen molar-refractivity contribution in [2.45, 2.75) is 13.8 Å². The van der Waals surface area contributed by atoms with Crippen molar-refractivity contribution in [3.63, 3.8) is 0 Å². The number of aryl methyl sites for hydroxylation is 2. The van der Waals surface area contributed by atoms with Gasteiger partial charge in [-0.05, 0) is 32.0 Å². The number of hydrogen-bond acceptors (Lipinski definition) is 6. The fourth-order valence-electron chi connectivity index (χ4n) is 2.47. The molecule has 0 spiro atoms. The zero-order valence-corrected chi connectivity index (χ0v) is 13.8. The molecule has 1 N–H and O–H groups in total. The molecule has 0 atom stereocenters. The molecule has 3 heterocycles. The van der Waals surface area contributed by atoms with Crippen molar-refractivity contribution in [1.29, 1.82) is 0 Å². The van der Waals surface area contributed by atoms with E-state index in [-0.39, 0.29) is 11.7 Å². The highest BCUT2D eigenvalue weighted by Gasteiger charge is 2.19. The lowest BCUT2D eigenvalue weighted by Crippen LogP contribution is -2.11. The number of benzene rings is 1. The molecule has 0 aliphatic rings. The lowest BCUT2D eigenvalue weighted by molar-refractivity contribution is 0.0998. The topological polar surface area (TPSA) is 81.2 Å². The first-order chi connectivity index (χ1) is 11.6. The number of furan rings is 2. The molecule has 0 saturated carbocycles. The van der Waals surface area contributed by atoms with Gasteiger partial charge in [0.15, 0.2) is 11.5 Å². The number of carbonyl (C=O) groups is 1. The van der Waals surface area contributed by atoms with Gasteiger partial charge in [0.05, 0.1) is 0 Å². The van der Waals surface area contributed by atoms with Crippen LogP contribution < -0.4 is 5.32 Å². The maximum Gasteiger partial charge on any atom is 0.293 e. The summed E-state index contributed by atoms with van der Waals surface area (Å²) in [6, 6.07) is 11.2. The van der Waals surface area contributed by atoms with Crippen LogP contribution in [0.1, 0.15) is 21.9 Å². The highest BCUT2D eigenvalue weighted by Crippen LogP contribution is 2.27. The number of fused-ring (bicyclic) bond motifs is 1. The number of nitrogens with zero attached hydrogens (tertiary/aromatic N) is 2. The minimum absolute atomic E-state index is 0.279. The van der Waals surface area contributed by atoms with E-state index in [9.17, 15) is 4.79 Å². The maximum absolute atomic E-state index is 12.5. The second-order valence-corrected chi connectivity index (χ2v) is 6.09. The molecule has 4 rings (SSSR count). The van der Waals surface area contributed by atoms with Crippen LogP contribution >= 0.6 is 11.5 Å². The van der Waals surface area contributed by atoms with Crippen LogP contribution in [0.5, 0.6) is 0 Å². The molecule has 3 aromatic heterocycles. The first-order valence-electron chi connectivity index (χ1n) is 7.32. The minimum atomic E-state index is -0.345. The number of carbonyl (C=O) groups excluding carboxylic acids is 1. The van der Waals surface area contributed by atoms with Gasteiger partial charge in [-0.2, -0.15) is 9.36 Å². The Morgan fingerprint density at radius 3 is 2.71 bits per heavy atom. The number of aromatic nitrogens is 2. The Hall–Kier alpha value is -2.93. The summed E-state index contributed by atoms with van der Waals surface area (Å²) in [7, 11) is 0. The standard InChI is InChI=1S/C17H13N3O3S/c1-9-7-8-13(22-9)15-18-17(24-20-15)19-16(21)14-10(2)11-5-3-4-6-12(11)23-14/h3-8H,1-2H3,(H,18,19,20,21). The second kappa shape index (κ2) is 5.61. The van der Waals surface area contributed by atoms with E-state index in [1.807, 2.05) is 44.2 Å². The summed E-state index contributed by atoms with van der Waals surface area (Å²) in [5.74, 6) is 1.74. The lowest BCUT2D eigenvalue weighted by Gasteiger charge is -1.98. The van der Waals surface area contributed by atoms with Crippen LogP contribution in [0.4, 0.5) is 5.13 Å². The smallest absolute Gasteiger partial charge is 0.293 e. The van der Waals surface area contributed by atoms with Crippen LogP contribution in [0.15, 0.2) is 45.2 Å². The fourth-order valence-corrected chi connectivity index (χ4v) is 3.04. The molecule has 0 aliphatic heterocycles. The van der Waals surface area contributed by atoms with Gasteiger partial charge in [-0.3, -0.25) is 10.1 Å². The third-order valence-corrected chi connectivity index (χ3v) is 4.29. The van der Waals surface area contributed by atoms with Gasteiger partial charge in [0.1, 0.15) is 11.3 Å². The molecule has 0 bridgehead atoms. The minimum Gasteiger partial charge on any atom is -0.458 e. The molecule has 0 aliphatic carbocycles. The molecule has 6 nitrogen and oxygen atoms in total. The van der Waals surface area contributed by atoms with E-state index >= 15 is 0 Å². The Bertz CT molecular complexity index is 1040. The molecule has 1 aromatic carbocycles. The van der Waals surface area contributed by atoms with Crippen LogP contribution in [-0.2, 0) is 0 Å². The van der Waals surface area contributed by atoms with E-state index in [1.165, 1.54) is 0 Å². The molecule has 120 valence electrons. The van der Waals surface area contributed by atoms with Crippen molar-refractivity contribution < 1.29 is 13.6 Å². The second-order valence-electron chi connectivity index (χ2n) is 5.34. The van der Waals surface area contributed by atoms with Crippen molar-refractivity contribution in [2.75, 3.05) is 5.32 Å². The molecule has 4 aromatic rings. The van der Waals surface area contributed by atoms with E-state index in [1.54, 1.807) is 6.07 Å². The Morgan fingerprint density at radius 1 is 1.12 bits per heavy atom. The van der Waals surface area contributed by atoms with E-state index in [0.717, 1.165) is 28.2 Å². The van der Waals surface area contributed by atoms with E-state index in [2.05, 4.69) is 14.7 Å². The third kappa shape index (κ3) is 2.48. The summed E-state index contributed by atoms with van der Waals surface area (Å²) < 4.78 is 15.3. The summed E-state index contributed by atoms with van der Waals surface area (Å²) >= 11 is 1.09. The van der Waals surface area contributed by atoms with E-state index in [0.29, 0.717) is 22.3 Å². The molecule has 0 fully saturated rings. The summed E-state index contributed by atoms with van der Waals surface area (Å²) in [5.41, 5.74) is 1.48. The third-order valence-electron chi connectivity index (χ3n) is 3.66. The van der Waals surface area contributed by atoms with Gasteiger partial charge in [-0.15, -0.1) is 0 Å². The number of anilines is 1. The van der Waals surface area contributed by atoms with Gasteiger partial charge in [0.2, 0.25) is 11.0 Å². The summed E-state index contributed by atoms with van der Waals surface area (Å²) in [6.45, 7) is 3.71. The SMILES string of the molecule is Cc1ccc(-c2nsc(NC(=O)c3oc4ccccc4c3C)n2)o1. The van der Waals surface area contributed by atoms with Gasteiger partial charge in [0.25, 0.3) is 5.91 Å². The Balaban J connectivity index is 1.59. The van der Waals surface area contributed by atoms with Crippen molar-refractivity contribution in [1.82, 2.24) is 9.36 Å². The van der Waals surface area contributed by atoms with Gasteiger partial charge in [-0.25, -0.2) is 0 Å². The molecule has 0 unspecified atom stereocenters. The van der Waals surface area contributed by atoms with Crippen LogP contribution in [0.2, 0.25) is 0 Å². The zero-order valence-electron chi connectivity index (χ0n) is 13.0. The molecular formula is C17H13N3O3S. The monoisotopic (exact) mass is 339 g/mol. The first-order valence-corrected chi connectivity index (χ1v) is 8.09. The summed E-state index contributed by atoms with van der Waals surface area (Å²) in [5, 5.41) is 4.04. The van der Waals surface area contributed by atoms with Gasteiger partial charge in [-0.1, -0.05) is 18.2 Å². The summed E-state index contributed by atoms with van der Waals surface area (Å²) in [4.78, 5) is 16.7. The molecule has 24 heavy (non-hydrogen) atoms.